The quantitative estimate of drug-likeness (QED) is 0.287. The lowest BCUT2D eigenvalue weighted by Crippen LogP contribution is -2.42. The molecule has 4 aromatic rings. The Balaban J connectivity index is 1.20. The molecular formula is C25H22F2N6O3S3. The molecule has 5 rings (SSSR count). The van der Waals surface area contributed by atoms with Crippen molar-refractivity contribution in [2.75, 3.05) is 24.1 Å². The topological polar surface area (TPSA) is 131 Å². The van der Waals surface area contributed by atoms with Crippen LogP contribution in [0.4, 0.5) is 19.7 Å². The fraction of sp³-hybridized carbons (Fsp3) is 0.200. The van der Waals surface area contributed by atoms with Crippen molar-refractivity contribution < 1.29 is 22.0 Å². The summed E-state index contributed by atoms with van der Waals surface area (Å²) in [5.74, 6) is -2.97. The second-order valence-electron chi connectivity index (χ2n) is 8.58. The van der Waals surface area contributed by atoms with Crippen LogP contribution in [0.2, 0.25) is 0 Å². The Labute approximate surface area is 231 Å². The van der Waals surface area contributed by atoms with E-state index in [1.54, 1.807) is 12.3 Å². The van der Waals surface area contributed by atoms with E-state index in [0.717, 1.165) is 28.5 Å². The molecule has 4 heterocycles. The highest BCUT2D eigenvalue weighted by molar-refractivity contribution is 7.99. The third kappa shape index (κ3) is 5.93. The summed E-state index contributed by atoms with van der Waals surface area (Å²) in [7, 11) is -3.73. The second-order valence-corrected chi connectivity index (χ2v) is 12.6. The third-order valence-corrected chi connectivity index (χ3v) is 9.81. The van der Waals surface area contributed by atoms with E-state index >= 15 is 0 Å². The summed E-state index contributed by atoms with van der Waals surface area (Å²) in [6, 6.07) is 11.7. The molecular weight excluding hydrogens is 567 g/mol. The van der Waals surface area contributed by atoms with Gasteiger partial charge in [0.05, 0.1) is 5.56 Å². The van der Waals surface area contributed by atoms with Crippen LogP contribution >= 0.6 is 23.1 Å². The van der Waals surface area contributed by atoms with Gasteiger partial charge in [-0.3, -0.25) is 4.79 Å². The Bertz CT molecular complexity index is 1570. The summed E-state index contributed by atoms with van der Waals surface area (Å²) in [4.78, 5) is 25.4. The number of halogens is 2. The molecule has 0 radical (unpaired) electrons. The van der Waals surface area contributed by atoms with E-state index in [2.05, 4.69) is 20.3 Å². The summed E-state index contributed by atoms with van der Waals surface area (Å²) in [6.45, 7) is 0.523. The van der Waals surface area contributed by atoms with Crippen LogP contribution in [0.5, 0.6) is 0 Å². The largest absolute Gasteiger partial charge is 0.382 e. The summed E-state index contributed by atoms with van der Waals surface area (Å²) < 4.78 is 55.8. The van der Waals surface area contributed by atoms with Crippen molar-refractivity contribution in [2.45, 2.75) is 33.8 Å². The zero-order chi connectivity index (χ0) is 27.6. The third-order valence-electron chi connectivity index (χ3n) is 6.02. The SMILES string of the molecule is Nc1nc(NC2CCN(S(=O)(=O)c3ccc(Sc4ccccn4)nc3)CC2)sc1C(=O)c1c(F)cccc1F. The Morgan fingerprint density at radius 3 is 2.38 bits per heavy atom. The summed E-state index contributed by atoms with van der Waals surface area (Å²) in [5.41, 5.74) is 5.19. The highest BCUT2D eigenvalue weighted by atomic mass is 32.2. The second kappa shape index (κ2) is 11.3. The van der Waals surface area contributed by atoms with Gasteiger partial charge in [-0.1, -0.05) is 35.2 Å². The molecule has 1 aromatic carbocycles. The number of piperidine rings is 1. The number of benzene rings is 1. The molecule has 0 amide bonds. The lowest BCUT2D eigenvalue weighted by molar-refractivity contribution is 0.103. The molecule has 9 nitrogen and oxygen atoms in total. The van der Waals surface area contributed by atoms with Crippen LogP contribution in [0.25, 0.3) is 0 Å². The number of aromatic nitrogens is 3. The Kier molecular flexibility index (Phi) is 7.88. The van der Waals surface area contributed by atoms with Crippen molar-refractivity contribution in [3.05, 3.63) is 83.0 Å². The van der Waals surface area contributed by atoms with Crippen molar-refractivity contribution in [3.63, 3.8) is 0 Å². The number of sulfonamides is 1. The van der Waals surface area contributed by atoms with Crippen LogP contribution in [0.3, 0.4) is 0 Å². The molecule has 1 aliphatic heterocycles. The molecule has 1 saturated heterocycles. The van der Waals surface area contributed by atoms with E-state index in [0.29, 0.717) is 23.0 Å². The number of carbonyl (C=O) groups excluding carboxylic acids is 1. The lowest BCUT2D eigenvalue weighted by atomic mass is 10.1. The molecule has 3 N–H and O–H groups in total. The molecule has 0 unspecified atom stereocenters. The standard InChI is InChI=1S/C25H22F2N6O3S3/c26-17-4-3-5-18(27)21(17)22(34)23-24(28)32-25(38-23)31-15-9-12-33(13-10-15)39(35,36)16-7-8-20(30-14-16)37-19-6-1-2-11-29-19/h1-8,11,14-15H,9-10,12-13,28H2,(H,31,32). The number of anilines is 2. The number of nitrogens with one attached hydrogen (secondary N) is 1. The van der Waals surface area contributed by atoms with Gasteiger partial charge in [-0.15, -0.1) is 0 Å². The zero-order valence-corrected chi connectivity index (χ0v) is 22.7. The van der Waals surface area contributed by atoms with Gasteiger partial charge in [-0.05, 0) is 49.2 Å². The van der Waals surface area contributed by atoms with Crippen molar-refractivity contribution in [3.8, 4) is 0 Å². The Morgan fingerprint density at radius 2 is 1.74 bits per heavy atom. The van der Waals surface area contributed by atoms with E-state index in [1.807, 2.05) is 18.2 Å². The van der Waals surface area contributed by atoms with E-state index in [1.165, 1.54) is 34.4 Å². The average Bonchev–Trinajstić information content (AvgIpc) is 3.29. The predicted octanol–water partition coefficient (Wildman–Crippen LogP) is 4.44. The van der Waals surface area contributed by atoms with E-state index in [9.17, 15) is 22.0 Å². The van der Waals surface area contributed by atoms with Crippen LogP contribution in [0, 0.1) is 11.6 Å². The maximum Gasteiger partial charge on any atom is 0.244 e. The minimum Gasteiger partial charge on any atom is -0.382 e. The van der Waals surface area contributed by atoms with Crippen molar-refractivity contribution in [2.24, 2.45) is 0 Å². The maximum absolute atomic E-state index is 14.1. The number of ketones is 1. The monoisotopic (exact) mass is 588 g/mol. The van der Waals surface area contributed by atoms with Crippen molar-refractivity contribution >= 4 is 49.9 Å². The molecule has 0 bridgehead atoms. The molecule has 1 aliphatic rings. The number of thiazole rings is 1. The Morgan fingerprint density at radius 1 is 1.03 bits per heavy atom. The lowest BCUT2D eigenvalue weighted by Gasteiger charge is -2.31. The Hall–Kier alpha value is -3.46. The first kappa shape index (κ1) is 27.1. The minimum absolute atomic E-state index is 0.0707. The first-order valence-electron chi connectivity index (χ1n) is 11.8. The number of nitrogen functional groups attached to an aromatic ring is 1. The first-order valence-corrected chi connectivity index (χ1v) is 14.9. The number of nitrogens with zero attached hydrogens (tertiary/aromatic N) is 4. The normalized spacial score (nSPS) is 14.8. The maximum atomic E-state index is 14.1. The van der Waals surface area contributed by atoms with Gasteiger partial charge in [0, 0.05) is 31.5 Å². The summed E-state index contributed by atoms with van der Waals surface area (Å²) in [6.07, 6.45) is 3.98. The molecule has 14 heteroatoms. The van der Waals surface area contributed by atoms with E-state index in [-0.39, 0.29) is 34.7 Å². The van der Waals surface area contributed by atoms with E-state index in [4.69, 9.17) is 5.73 Å². The van der Waals surface area contributed by atoms with Gasteiger partial charge in [0.15, 0.2) is 5.13 Å². The van der Waals surface area contributed by atoms with Gasteiger partial charge in [-0.2, -0.15) is 4.31 Å². The number of hydrogen-bond donors (Lipinski definition) is 2. The molecule has 1 fully saturated rings. The molecule has 202 valence electrons. The summed E-state index contributed by atoms with van der Waals surface area (Å²) >= 11 is 2.24. The van der Waals surface area contributed by atoms with Gasteiger partial charge < -0.3 is 11.1 Å². The van der Waals surface area contributed by atoms with Gasteiger partial charge in [0.1, 0.15) is 37.3 Å². The number of pyridine rings is 2. The van der Waals surface area contributed by atoms with Crippen LogP contribution in [0.1, 0.15) is 28.1 Å². The van der Waals surface area contributed by atoms with Crippen LogP contribution < -0.4 is 11.1 Å². The average molecular weight is 589 g/mol. The highest BCUT2D eigenvalue weighted by Gasteiger charge is 2.31. The van der Waals surface area contributed by atoms with Crippen molar-refractivity contribution in [1.82, 2.24) is 19.3 Å². The smallest absolute Gasteiger partial charge is 0.244 e. The number of carbonyl (C=O) groups is 1. The fourth-order valence-electron chi connectivity index (χ4n) is 4.04. The predicted molar refractivity (Wildman–Crippen MR) is 144 cm³/mol. The fourth-order valence-corrected chi connectivity index (χ4v) is 7.08. The van der Waals surface area contributed by atoms with E-state index < -0.39 is 33.0 Å². The number of rotatable bonds is 8. The van der Waals surface area contributed by atoms with Crippen LogP contribution in [-0.4, -0.2) is 52.6 Å². The molecule has 0 atom stereocenters. The van der Waals surface area contributed by atoms with Crippen LogP contribution in [-0.2, 0) is 10.0 Å². The van der Waals surface area contributed by atoms with Crippen molar-refractivity contribution in [1.29, 1.82) is 0 Å². The zero-order valence-electron chi connectivity index (χ0n) is 20.3. The minimum atomic E-state index is -3.73. The van der Waals surface area contributed by atoms with Gasteiger partial charge in [-0.25, -0.2) is 32.2 Å². The van der Waals surface area contributed by atoms with Crippen LogP contribution in [0.15, 0.2) is 75.9 Å². The van der Waals surface area contributed by atoms with Gasteiger partial charge in [0.25, 0.3) is 0 Å². The molecule has 0 saturated carbocycles. The number of nitrogens with two attached hydrogens (primary N) is 1. The van der Waals surface area contributed by atoms with Gasteiger partial charge in [0.2, 0.25) is 15.8 Å². The molecule has 3 aromatic heterocycles. The molecule has 0 aliphatic carbocycles. The highest BCUT2D eigenvalue weighted by Crippen LogP contribution is 2.31. The molecule has 0 spiro atoms. The van der Waals surface area contributed by atoms with Gasteiger partial charge >= 0.3 is 0 Å². The molecule has 39 heavy (non-hydrogen) atoms. The number of hydrogen-bond acceptors (Lipinski definition) is 10. The summed E-state index contributed by atoms with van der Waals surface area (Å²) in [5, 5.41) is 4.87. The first-order chi connectivity index (χ1) is 18.7.